The van der Waals surface area contributed by atoms with Crippen molar-refractivity contribution in [3.8, 4) is 0 Å². The van der Waals surface area contributed by atoms with Crippen LogP contribution in [0.15, 0.2) is 0 Å². The van der Waals surface area contributed by atoms with E-state index in [1.165, 1.54) is 38.5 Å². The highest BCUT2D eigenvalue weighted by molar-refractivity contribution is 5.60. The van der Waals surface area contributed by atoms with Gasteiger partial charge in [0.2, 0.25) is 0 Å². The van der Waals surface area contributed by atoms with E-state index in [4.69, 9.17) is 9.47 Å². The number of hydrogen-bond acceptors (Lipinski definition) is 3. The average Bonchev–Trinajstić information content (AvgIpc) is 2.27. The molecule has 3 nitrogen and oxygen atoms in total. The number of carbonyl (C=O) groups is 1. The lowest BCUT2D eigenvalue weighted by Crippen LogP contribution is -2.39. The molecule has 2 saturated carbocycles. The van der Waals surface area contributed by atoms with Gasteiger partial charge in [0, 0.05) is 0 Å². The summed E-state index contributed by atoms with van der Waals surface area (Å²) in [6.07, 6.45) is 8.30. The van der Waals surface area contributed by atoms with Crippen molar-refractivity contribution in [2.45, 2.75) is 77.4 Å². The highest BCUT2D eigenvalue weighted by Crippen LogP contribution is 2.41. The van der Waals surface area contributed by atoms with Crippen molar-refractivity contribution in [1.29, 1.82) is 0 Å². The zero-order valence-electron chi connectivity index (χ0n) is 11.9. The summed E-state index contributed by atoms with van der Waals surface area (Å²) in [6.45, 7) is 5.62. The van der Waals surface area contributed by atoms with Crippen LogP contribution in [0.2, 0.25) is 0 Å². The first-order chi connectivity index (χ1) is 8.46. The van der Waals surface area contributed by atoms with E-state index in [2.05, 4.69) is 0 Å². The van der Waals surface area contributed by atoms with Crippen LogP contribution in [-0.4, -0.2) is 17.9 Å². The van der Waals surface area contributed by atoms with Crippen LogP contribution in [0.25, 0.3) is 0 Å². The molecule has 2 aliphatic rings. The second kappa shape index (κ2) is 5.50. The number of rotatable bonds is 1. The molecule has 3 unspecified atom stereocenters. The third-order valence-corrected chi connectivity index (χ3v) is 4.15. The molecule has 0 radical (unpaired) electrons. The van der Waals surface area contributed by atoms with E-state index >= 15 is 0 Å². The minimum Gasteiger partial charge on any atom is -0.431 e. The third-order valence-electron chi connectivity index (χ3n) is 4.15. The summed E-state index contributed by atoms with van der Waals surface area (Å²) in [7, 11) is 0. The SMILES string of the molecule is CC(C)(C)OC(=O)OC1CCCC2CCCCC21. The average molecular weight is 254 g/mol. The Morgan fingerprint density at radius 1 is 1.00 bits per heavy atom. The van der Waals surface area contributed by atoms with Crippen molar-refractivity contribution in [3.63, 3.8) is 0 Å². The Kier molecular flexibility index (Phi) is 4.18. The fraction of sp³-hybridized carbons (Fsp3) is 0.933. The minimum absolute atomic E-state index is 0.0962. The molecule has 2 fully saturated rings. The number of fused-ring (bicyclic) bond motifs is 1. The maximum absolute atomic E-state index is 11.8. The van der Waals surface area contributed by atoms with Gasteiger partial charge in [-0.05, 0) is 58.3 Å². The molecule has 3 atom stereocenters. The van der Waals surface area contributed by atoms with Gasteiger partial charge >= 0.3 is 6.16 Å². The minimum atomic E-state index is -0.487. The van der Waals surface area contributed by atoms with Crippen molar-refractivity contribution in [3.05, 3.63) is 0 Å². The topological polar surface area (TPSA) is 35.5 Å². The highest BCUT2D eigenvalue weighted by atomic mass is 16.7. The molecule has 0 aromatic rings. The summed E-state index contributed by atoms with van der Waals surface area (Å²) in [5, 5.41) is 0. The predicted molar refractivity (Wildman–Crippen MR) is 70.4 cm³/mol. The van der Waals surface area contributed by atoms with E-state index < -0.39 is 11.8 Å². The highest BCUT2D eigenvalue weighted by Gasteiger charge is 2.37. The molecule has 104 valence electrons. The van der Waals surface area contributed by atoms with Gasteiger partial charge in [-0.3, -0.25) is 0 Å². The molecule has 0 amide bonds. The number of carbonyl (C=O) groups excluding carboxylic acids is 1. The second-order valence-electron chi connectivity index (χ2n) is 6.76. The molecule has 0 N–H and O–H groups in total. The third kappa shape index (κ3) is 3.63. The van der Waals surface area contributed by atoms with Gasteiger partial charge in [-0.2, -0.15) is 0 Å². The Balaban J connectivity index is 1.89. The molecule has 0 aliphatic heterocycles. The van der Waals surface area contributed by atoms with Gasteiger partial charge in [0.25, 0.3) is 0 Å². The summed E-state index contributed by atoms with van der Waals surface area (Å²) < 4.78 is 10.8. The van der Waals surface area contributed by atoms with Crippen molar-refractivity contribution in [1.82, 2.24) is 0 Å². The summed E-state index contributed by atoms with van der Waals surface area (Å²) in [6, 6.07) is 0. The van der Waals surface area contributed by atoms with Gasteiger partial charge in [-0.1, -0.05) is 19.3 Å². The Morgan fingerprint density at radius 3 is 2.39 bits per heavy atom. The predicted octanol–water partition coefficient (Wildman–Crippen LogP) is 4.30. The van der Waals surface area contributed by atoms with E-state index in [0.717, 1.165) is 12.3 Å². The Hall–Kier alpha value is -0.730. The lowest BCUT2D eigenvalue weighted by molar-refractivity contribution is -0.0643. The Labute approximate surface area is 110 Å². The van der Waals surface area contributed by atoms with E-state index in [1.807, 2.05) is 20.8 Å². The molecule has 2 rings (SSSR count). The first-order valence-corrected chi connectivity index (χ1v) is 7.35. The van der Waals surface area contributed by atoms with Gasteiger partial charge in [0.15, 0.2) is 0 Å². The summed E-state index contributed by atoms with van der Waals surface area (Å²) in [5.74, 6) is 1.36. The second-order valence-corrected chi connectivity index (χ2v) is 6.76. The van der Waals surface area contributed by atoms with Gasteiger partial charge in [-0.15, -0.1) is 0 Å². The molecule has 2 aliphatic carbocycles. The normalized spacial score (nSPS) is 32.5. The lowest BCUT2D eigenvalue weighted by atomic mass is 9.69. The molecule has 0 aromatic carbocycles. The van der Waals surface area contributed by atoms with Crippen LogP contribution in [0.5, 0.6) is 0 Å². The van der Waals surface area contributed by atoms with Crippen LogP contribution in [0.1, 0.15) is 65.7 Å². The zero-order chi connectivity index (χ0) is 13.2. The standard InChI is InChI=1S/C15H26O3/c1-15(2,3)18-14(16)17-13-10-6-8-11-7-4-5-9-12(11)13/h11-13H,4-10H2,1-3H3. The van der Waals surface area contributed by atoms with Crippen LogP contribution in [0, 0.1) is 11.8 Å². The first kappa shape index (κ1) is 13.7. The van der Waals surface area contributed by atoms with E-state index in [9.17, 15) is 4.79 Å². The smallest absolute Gasteiger partial charge is 0.431 e. The molecule has 0 aromatic heterocycles. The fourth-order valence-corrected chi connectivity index (χ4v) is 3.42. The summed E-state index contributed by atoms with van der Waals surface area (Å²) >= 11 is 0. The van der Waals surface area contributed by atoms with Crippen LogP contribution < -0.4 is 0 Å². The van der Waals surface area contributed by atoms with Gasteiger partial charge in [0.05, 0.1) is 0 Å². The van der Waals surface area contributed by atoms with Crippen molar-refractivity contribution in [2.24, 2.45) is 11.8 Å². The van der Waals surface area contributed by atoms with Crippen LogP contribution in [-0.2, 0) is 9.47 Å². The molecule has 0 bridgehead atoms. The van der Waals surface area contributed by atoms with Crippen LogP contribution in [0.3, 0.4) is 0 Å². The summed E-state index contributed by atoms with van der Waals surface area (Å²) in [5.41, 5.74) is -0.461. The molecule has 0 saturated heterocycles. The molecular weight excluding hydrogens is 228 g/mol. The zero-order valence-corrected chi connectivity index (χ0v) is 11.9. The fourth-order valence-electron chi connectivity index (χ4n) is 3.42. The number of hydrogen-bond donors (Lipinski definition) is 0. The molecule has 18 heavy (non-hydrogen) atoms. The Morgan fingerprint density at radius 2 is 1.67 bits per heavy atom. The lowest BCUT2D eigenvalue weighted by Gasteiger charge is -2.40. The van der Waals surface area contributed by atoms with Gasteiger partial charge in [0.1, 0.15) is 11.7 Å². The maximum atomic E-state index is 11.8. The quantitative estimate of drug-likeness (QED) is 0.654. The Bertz CT molecular complexity index is 291. The summed E-state index contributed by atoms with van der Waals surface area (Å²) in [4.78, 5) is 11.8. The van der Waals surface area contributed by atoms with Gasteiger partial charge < -0.3 is 9.47 Å². The largest absolute Gasteiger partial charge is 0.509 e. The molecule has 3 heteroatoms. The van der Waals surface area contributed by atoms with Crippen molar-refractivity contribution < 1.29 is 14.3 Å². The van der Waals surface area contributed by atoms with Gasteiger partial charge in [-0.25, -0.2) is 4.79 Å². The molecule has 0 spiro atoms. The molecular formula is C15H26O3. The maximum Gasteiger partial charge on any atom is 0.509 e. The number of ether oxygens (including phenoxy) is 2. The molecule has 0 heterocycles. The van der Waals surface area contributed by atoms with E-state index in [-0.39, 0.29) is 6.10 Å². The monoisotopic (exact) mass is 254 g/mol. The van der Waals surface area contributed by atoms with Crippen molar-refractivity contribution >= 4 is 6.16 Å². The van der Waals surface area contributed by atoms with Crippen LogP contribution >= 0.6 is 0 Å². The van der Waals surface area contributed by atoms with Crippen molar-refractivity contribution in [2.75, 3.05) is 0 Å². The van der Waals surface area contributed by atoms with E-state index in [0.29, 0.717) is 5.92 Å². The van der Waals surface area contributed by atoms with E-state index in [1.54, 1.807) is 0 Å². The van der Waals surface area contributed by atoms with Crippen LogP contribution in [0.4, 0.5) is 4.79 Å². The first-order valence-electron chi connectivity index (χ1n) is 7.35.